The molecule has 0 bridgehead atoms. The molecule has 1 aliphatic rings. The number of halogens is 1. The zero-order valence-electron chi connectivity index (χ0n) is 11.2. The van der Waals surface area contributed by atoms with Gasteiger partial charge in [0.05, 0.1) is 15.5 Å². The molecule has 6 heteroatoms. The Morgan fingerprint density at radius 3 is 2.35 bits per heavy atom. The van der Waals surface area contributed by atoms with E-state index in [1.165, 1.54) is 24.6 Å². The van der Waals surface area contributed by atoms with E-state index in [0.717, 1.165) is 25.7 Å². The second-order valence-electron chi connectivity index (χ2n) is 4.98. The summed E-state index contributed by atoms with van der Waals surface area (Å²) in [6.45, 7) is 1.38. The van der Waals surface area contributed by atoms with E-state index in [-0.39, 0.29) is 22.2 Å². The summed E-state index contributed by atoms with van der Waals surface area (Å²) in [5, 5.41) is 11.1. The van der Waals surface area contributed by atoms with Crippen LogP contribution in [0.25, 0.3) is 0 Å². The van der Waals surface area contributed by atoms with E-state index in [2.05, 4.69) is 0 Å². The normalized spacial score (nSPS) is 16.4. The predicted molar refractivity (Wildman–Crippen MR) is 77.1 cm³/mol. The summed E-state index contributed by atoms with van der Waals surface area (Å²) >= 11 is 6.02. The van der Waals surface area contributed by atoms with Crippen LogP contribution in [0.15, 0.2) is 18.2 Å². The van der Waals surface area contributed by atoms with Crippen molar-refractivity contribution in [3.63, 3.8) is 0 Å². The number of amides is 1. The second kappa shape index (κ2) is 6.70. The lowest BCUT2D eigenvalue weighted by Gasteiger charge is -2.25. The average Bonchev–Trinajstić information content (AvgIpc) is 2.38. The summed E-state index contributed by atoms with van der Waals surface area (Å²) in [5.41, 5.74) is 0.117. The van der Waals surface area contributed by atoms with Crippen molar-refractivity contribution < 1.29 is 9.72 Å². The number of nitrogens with zero attached hydrogens (tertiary/aromatic N) is 2. The molecule has 1 fully saturated rings. The number of non-ortho nitro benzene ring substituents is 1. The fourth-order valence-corrected chi connectivity index (χ4v) is 2.61. The standard InChI is InChI=1S/C14H17ClN2O3/c15-13-7-6-11(17(19)20)10-12(13)14(18)16-8-4-2-1-3-5-9-16/h6-7,10H,1-5,8-9H2. The molecule has 0 N–H and O–H groups in total. The van der Waals surface area contributed by atoms with Gasteiger partial charge in [-0.2, -0.15) is 0 Å². The van der Waals surface area contributed by atoms with Crippen LogP contribution in [0, 0.1) is 10.1 Å². The molecule has 0 unspecified atom stereocenters. The molecule has 0 saturated carbocycles. The summed E-state index contributed by atoms with van der Waals surface area (Å²) < 4.78 is 0. The largest absolute Gasteiger partial charge is 0.339 e. The monoisotopic (exact) mass is 296 g/mol. The summed E-state index contributed by atoms with van der Waals surface area (Å²) in [5.74, 6) is -0.208. The van der Waals surface area contributed by atoms with E-state index >= 15 is 0 Å². The topological polar surface area (TPSA) is 63.4 Å². The summed E-state index contributed by atoms with van der Waals surface area (Å²) in [6, 6.07) is 3.99. The third-order valence-electron chi connectivity index (χ3n) is 3.53. The van der Waals surface area contributed by atoms with Gasteiger partial charge in [0.25, 0.3) is 11.6 Å². The number of carbonyl (C=O) groups excluding carboxylic acids is 1. The lowest BCUT2D eigenvalue weighted by Crippen LogP contribution is -2.34. The van der Waals surface area contributed by atoms with Crippen LogP contribution in [0.5, 0.6) is 0 Å². The van der Waals surface area contributed by atoms with Gasteiger partial charge in [0.2, 0.25) is 0 Å². The van der Waals surface area contributed by atoms with Gasteiger partial charge in [-0.1, -0.05) is 30.9 Å². The van der Waals surface area contributed by atoms with E-state index in [4.69, 9.17) is 11.6 Å². The van der Waals surface area contributed by atoms with Crippen LogP contribution >= 0.6 is 11.6 Å². The Bertz CT molecular complexity index is 511. The Morgan fingerprint density at radius 2 is 1.75 bits per heavy atom. The van der Waals surface area contributed by atoms with Crippen LogP contribution in [-0.2, 0) is 0 Å². The van der Waals surface area contributed by atoms with E-state index in [9.17, 15) is 14.9 Å². The van der Waals surface area contributed by atoms with Crippen molar-refractivity contribution in [1.82, 2.24) is 4.90 Å². The summed E-state index contributed by atoms with van der Waals surface area (Å²) in [7, 11) is 0. The molecule has 0 aromatic heterocycles. The van der Waals surface area contributed by atoms with Crippen LogP contribution in [0.4, 0.5) is 5.69 Å². The smallest absolute Gasteiger partial charge is 0.270 e. The van der Waals surface area contributed by atoms with E-state index in [0.29, 0.717) is 13.1 Å². The number of nitro groups is 1. The molecule has 108 valence electrons. The Labute approximate surface area is 122 Å². The van der Waals surface area contributed by atoms with Crippen molar-refractivity contribution >= 4 is 23.2 Å². The van der Waals surface area contributed by atoms with E-state index in [1.54, 1.807) is 4.90 Å². The Morgan fingerprint density at radius 1 is 1.15 bits per heavy atom. The lowest BCUT2D eigenvalue weighted by molar-refractivity contribution is -0.384. The molecular weight excluding hydrogens is 280 g/mol. The van der Waals surface area contributed by atoms with Gasteiger partial charge in [-0.15, -0.1) is 0 Å². The van der Waals surface area contributed by atoms with Gasteiger partial charge in [0, 0.05) is 25.2 Å². The van der Waals surface area contributed by atoms with Gasteiger partial charge < -0.3 is 4.90 Å². The molecule has 20 heavy (non-hydrogen) atoms. The van der Waals surface area contributed by atoms with Crippen LogP contribution in [-0.4, -0.2) is 28.8 Å². The molecule has 1 heterocycles. The Hall–Kier alpha value is -1.62. The fourth-order valence-electron chi connectivity index (χ4n) is 2.41. The van der Waals surface area contributed by atoms with Crippen LogP contribution in [0.3, 0.4) is 0 Å². The number of nitro benzene ring substituents is 1. The van der Waals surface area contributed by atoms with Crippen LogP contribution in [0.1, 0.15) is 42.5 Å². The average molecular weight is 297 g/mol. The highest BCUT2D eigenvalue weighted by Gasteiger charge is 2.21. The molecule has 0 atom stereocenters. The first kappa shape index (κ1) is 14.8. The molecule has 5 nitrogen and oxygen atoms in total. The van der Waals surface area contributed by atoms with Gasteiger partial charge in [-0.05, 0) is 18.9 Å². The lowest BCUT2D eigenvalue weighted by atomic mass is 10.1. The minimum atomic E-state index is -0.513. The highest BCUT2D eigenvalue weighted by molar-refractivity contribution is 6.33. The number of carbonyl (C=O) groups is 1. The SMILES string of the molecule is O=C(c1cc([N+](=O)[O-])ccc1Cl)N1CCCCCCC1. The van der Waals surface area contributed by atoms with Gasteiger partial charge in [0.15, 0.2) is 0 Å². The van der Waals surface area contributed by atoms with Crippen molar-refractivity contribution in [2.45, 2.75) is 32.1 Å². The first-order chi connectivity index (χ1) is 9.59. The Kier molecular flexibility index (Phi) is 4.95. The first-order valence-electron chi connectivity index (χ1n) is 6.83. The maximum atomic E-state index is 12.5. The molecule has 1 aromatic carbocycles. The second-order valence-corrected chi connectivity index (χ2v) is 5.39. The highest BCUT2D eigenvalue weighted by Crippen LogP contribution is 2.24. The Balaban J connectivity index is 2.22. The van der Waals surface area contributed by atoms with Crippen molar-refractivity contribution in [3.05, 3.63) is 38.9 Å². The third kappa shape index (κ3) is 3.48. The number of likely N-dealkylation sites (tertiary alicyclic amines) is 1. The fraction of sp³-hybridized carbons (Fsp3) is 0.500. The van der Waals surface area contributed by atoms with Crippen LogP contribution < -0.4 is 0 Å². The van der Waals surface area contributed by atoms with E-state index in [1.807, 2.05) is 0 Å². The summed E-state index contributed by atoms with van der Waals surface area (Å²) in [4.78, 5) is 24.5. The van der Waals surface area contributed by atoms with Gasteiger partial charge >= 0.3 is 0 Å². The summed E-state index contributed by atoms with van der Waals surface area (Å²) in [6.07, 6.45) is 5.38. The molecule has 1 aromatic rings. The zero-order valence-corrected chi connectivity index (χ0v) is 11.9. The predicted octanol–water partition coefficient (Wildman–Crippen LogP) is 3.65. The molecule has 0 radical (unpaired) electrons. The maximum Gasteiger partial charge on any atom is 0.270 e. The number of hydrogen-bond acceptors (Lipinski definition) is 3. The highest BCUT2D eigenvalue weighted by atomic mass is 35.5. The molecule has 2 rings (SSSR count). The number of benzene rings is 1. The number of hydrogen-bond donors (Lipinski definition) is 0. The minimum Gasteiger partial charge on any atom is -0.339 e. The number of rotatable bonds is 2. The molecule has 0 spiro atoms. The molecule has 1 saturated heterocycles. The zero-order chi connectivity index (χ0) is 14.5. The van der Waals surface area contributed by atoms with Crippen LogP contribution in [0.2, 0.25) is 5.02 Å². The minimum absolute atomic E-state index is 0.107. The van der Waals surface area contributed by atoms with Gasteiger partial charge in [0.1, 0.15) is 0 Å². The van der Waals surface area contributed by atoms with Crippen molar-refractivity contribution in [1.29, 1.82) is 0 Å². The molecule has 1 amide bonds. The van der Waals surface area contributed by atoms with Gasteiger partial charge in [-0.25, -0.2) is 0 Å². The third-order valence-corrected chi connectivity index (χ3v) is 3.86. The maximum absolute atomic E-state index is 12.5. The van der Waals surface area contributed by atoms with Crippen molar-refractivity contribution in [2.24, 2.45) is 0 Å². The molecule has 1 aliphatic heterocycles. The molecular formula is C14H17ClN2O3. The van der Waals surface area contributed by atoms with Gasteiger partial charge in [-0.3, -0.25) is 14.9 Å². The quantitative estimate of drug-likeness (QED) is 0.618. The first-order valence-corrected chi connectivity index (χ1v) is 7.20. The van der Waals surface area contributed by atoms with E-state index < -0.39 is 4.92 Å². The van der Waals surface area contributed by atoms with Crippen molar-refractivity contribution in [2.75, 3.05) is 13.1 Å². The molecule has 0 aliphatic carbocycles. The van der Waals surface area contributed by atoms with Crippen molar-refractivity contribution in [3.8, 4) is 0 Å².